The molecule has 1 aliphatic rings. The normalized spacial score (nSPS) is 18.9. The Labute approximate surface area is 54.0 Å². The van der Waals surface area contributed by atoms with E-state index in [1.165, 1.54) is 6.08 Å². The fraction of sp³-hybridized carbons (Fsp3) is 0.429. The lowest BCUT2D eigenvalue weighted by Crippen LogP contribution is -2.04. The Balaban J connectivity index is 2.59. The highest BCUT2D eigenvalue weighted by atomic mass is 19.1. The predicted molar refractivity (Wildman–Crippen MR) is 35.6 cm³/mol. The van der Waals surface area contributed by atoms with Crippen LogP contribution in [0.3, 0.4) is 0 Å². The van der Waals surface area contributed by atoms with Crippen molar-refractivity contribution < 1.29 is 4.39 Å². The number of allylic oxidation sites excluding steroid dienone is 3. The van der Waals surface area contributed by atoms with Crippen molar-refractivity contribution >= 4 is 0 Å². The molecule has 0 saturated carbocycles. The first kappa shape index (κ1) is 6.49. The van der Waals surface area contributed by atoms with Crippen LogP contribution in [0.1, 0.15) is 12.8 Å². The van der Waals surface area contributed by atoms with Gasteiger partial charge in [-0.15, -0.1) is 0 Å². The molecule has 0 atom stereocenters. The van der Waals surface area contributed by atoms with Crippen LogP contribution in [0.25, 0.3) is 0 Å². The SMILES string of the molecule is NCC1=CC=C(F)CC1. The van der Waals surface area contributed by atoms with Gasteiger partial charge in [0.25, 0.3) is 0 Å². The van der Waals surface area contributed by atoms with E-state index in [4.69, 9.17) is 5.73 Å². The minimum absolute atomic E-state index is 0.0350. The molecule has 0 spiro atoms. The lowest BCUT2D eigenvalue weighted by molar-refractivity contribution is 0.580. The summed E-state index contributed by atoms with van der Waals surface area (Å²) in [6.45, 7) is 0.559. The van der Waals surface area contributed by atoms with Crippen LogP contribution in [-0.2, 0) is 0 Å². The standard InChI is InChI=1S/C7H10FN/c8-7-3-1-6(5-9)2-4-7/h1,3H,2,4-5,9H2. The molecular weight excluding hydrogens is 117 g/mol. The van der Waals surface area contributed by atoms with Gasteiger partial charge in [-0.2, -0.15) is 0 Å². The van der Waals surface area contributed by atoms with Gasteiger partial charge in [0.1, 0.15) is 5.83 Å². The maximum atomic E-state index is 12.3. The van der Waals surface area contributed by atoms with Crippen molar-refractivity contribution in [1.82, 2.24) is 0 Å². The van der Waals surface area contributed by atoms with E-state index in [1.54, 1.807) is 6.08 Å². The Morgan fingerprint density at radius 3 is 2.67 bits per heavy atom. The van der Waals surface area contributed by atoms with Crippen LogP contribution in [0, 0.1) is 0 Å². The average Bonchev–Trinajstić information content (AvgIpc) is 1.90. The number of hydrogen-bond acceptors (Lipinski definition) is 1. The van der Waals surface area contributed by atoms with E-state index < -0.39 is 0 Å². The van der Waals surface area contributed by atoms with E-state index in [1.807, 2.05) is 0 Å². The molecule has 0 aromatic carbocycles. The van der Waals surface area contributed by atoms with Crippen LogP contribution in [-0.4, -0.2) is 6.54 Å². The van der Waals surface area contributed by atoms with Crippen LogP contribution in [0.2, 0.25) is 0 Å². The molecule has 0 saturated heterocycles. The minimum Gasteiger partial charge on any atom is -0.327 e. The molecule has 0 heterocycles. The summed E-state index contributed by atoms with van der Waals surface area (Å²) < 4.78 is 12.3. The maximum Gasteiger partial charge on any atom is 0.100 e. The average molecular weight is 127 g/mol. The second-order valence-electron chi connectivity index (χ2n) is 2.14. The highest BCUT2D eigenvalue weighted by molar-refractivity contribution is 5.21. The first-order chi connectivity index (χ1) is 4.33. The first-order valence-corrected chi connectivity index (χ1v) is 3.07. The first-order valence-electron chi connectivity index (χ1n) is 3.07. The van der Waals surface area contributed by atoms with Gasteiger partial charge in [-0.3, -0.25) is 0 Å². The highest BCUT2D eigenvalue weighted by Gasteiger charge is 2.02. The van der Waals surface area contributed by atoms with E-state index in [0.717, 1.165) is 12.0 Å². The quantitative estimate of drug-likeness (QED) is 0.567. The summed E-state index contributed by atoms with van der Waals surface area (Å²) in [6.07, 6.45) is 4.58. The lowest BCUT2D eigenvalue weighted by Gasteiger charge is -2.06. The lowest BCUT2D eigenvalue weighted by atomic mass is 10.1. The van der Waals surface area contributed by atoms with E-state index in [0.29, 0.717) is 13.0 Å². The van der Waals surface area contributed by atoms with Crippen molar-refractivity contribution in [1.29, 1.82) is 0 Å². The third-order valence-corrected chi connectivity index (χ3v) is 1.45. The zero-order valence-electron chi connectivity index (χ0n) is 5.23. The van der Waals surface area contributed by atoms with Crippen molar-refractivity contribution in [3.8, 4) is 0 Å². The monoisotopic (exact) mass is 127 g/mol. The maximum absolute atomic E-state index is 12.3. The van der Waals surface area contributed by atoms with E-state index in [9.17, 15) is 4.39 Å². The third kappa shape index (κ3) is 1.64. The number of halogens is 1. The van der Waals surface area contributed by atoms with Crippen molar-refractivity contribution in [2.75, 3.05) is 6.54 Å². The van der Waals surface area contributed by atoms with Crippen LogP contribution >= 0.6 is 0 Å². The van der Waals surface area contributed by atoms with Crippen LogP contribution in [0.5, 0.6) is 0 Å². The summed E-state index contributed by atoms with van der Waals surface area (Å²) in [5, 5.41) is 0. The second kappa shape index (κ2) is 2.78. The van der Waals surface area contributed by atoms with Crippen LogP contribution in [0.4, 0.5) is 4.39 Å². The van der Waals surface area contributed by atoms with Gasteiger partial charge >= 0.3 is 0 Å². The Bertz CT molecular complexity index is 158. The fourth-order valence-electron chi connectivity index (χ4n) is 0.825. The molecule has 9 heavy (non-hydrogen) atoms. The fourth-order valence-corrected chi connectivity index (χ4v) is 0.825. The minimum atomic E-state index is -0.0350. The van der Waals surface area contributed by atoms with E-state index in [-0.39, 0.29) is 5.83 Å². The van der Waals surface area contributed by atoms with E-state index in [2.05, 4.69) is 0 Å². The van der Waals surface area contributed by atoms with Gasteiger partial charge in [0.15, 0.2) is 0 Å². The number of hydrogen-bond donors (Lipinski definition) is 1. The van der Waals surface area contributed by atoms with Gasteiger partial charge in [-0.1, -0.05) is 11.6 Å². The molecule has 0 amide bonds. The molecule has 0 aromatic rings. The Hall–Kier alpha value is -0.630. The van der Waals surface area contributed by atoms with Gasteiger partial charge in [0.2, 0.25) is 0 Å². The molecule has 0 aromatic heterocycles. The molecule has 1 aliphatic carbocycles. The van der Waals surface area contributed by atoms with Gasteiger partial charge in [0, 0.05) is 13.0 Å². The third-order valence-electron chi connectivity index (χ3n) is 1.45. The van der Waals surface area contributed by atoms with Crippen LogP contribution in [0.15, 0.2) is 23.6 Å². The Morgan fingerprint density at radius 1 is 1.44 bits per heavy atom. The molecule has 0 fully saturated rings. The van der Waals surface area contributed by atoms with E-state index >= 15 is 0 Å². The summed E-state index contributed by atoms with van der Waals surface area (Å²) in [7, 11) is 0. The zero-order valence-corrected chi connectivity index (χ0v) is 5.23. The Morgan fingerprint density at radius 2 is 2.22 bits per heavy atom. The highest BCUT2D eigenvalue weighted by Crippen LogP contribution is 2.17. The summed E-state index contributed by atoms with van der Waals surface area (Å²) >= 11 is 0. The molecule has 0 unspecified atom stereocenters. The molecular formula is C7H10FN. The molecule has 50 valence electrons. The Kier molecular flexibility index (Phi) is 2.01. The van der Waals surface area contributed by atoms with Gasteiger partial charge in [-0.25, -0.2) is 4.39 Å². The number of nitrogens with two attached hydrogens (primary N) is 1. The molecule has 0 bridgehead atoms. The molecule has 2 heteroatoms. The largest absolute Gasteiger partial charge is 0.327 e. The van der Waals surface area contributed by atoms with Crippen LogP contribution < -0.4 is 5.73 Å². The van der Waals surface area contributed by atoms with Gasteiger partial charge in [0.05, 0.1) is 0 Å². The molecule has 0 aliphatic heterocycles. The molecule has 0 radical (unpaired) electrons. The topological polar surface area (TPSA) is 26.0 Å². The molecule has 1 nitrogen and oxygen atoms in total. The summed E-state index contributed by atoms with van der Waals surface area (Å²) in [6, 6.07) is 0. The van der Waals surface area contributed by atoms with Gasteiger partial charge < -0.3 is 5.73 Å². The molecule has 1 rings (SSSR count). The van der Waals surface area contributed by atoms with Gasteiger partial charge in [-0.05, 0) is 12.5 Å². The second-order valence-corrected chi connectivity index (χ2v) is 2.14. The predicted octanol–water partition coefficient (Wildman–Crippen LogP) is 1.52. The van der Waals surface area contributed by atoms with Crippen molar-refractivity contribution in [2.24, 2.45) is 5.73 Å². The summed E-state index contributed by atoms with van der Waals surface area (Å²) in [5.41, 5.74) is 6.46. The summed E-state index contributed by atoms with van der Waals surface area (Å²) in [4.78, 5) is 0. The summed E-state index contributed by atoms with van der Waals surface area (Å²) in [5.74, 6) is -0.0350. The smallest absolute Gasteiger partial charge is 0.100 e. The zero-order chi connectivity index (χ0) is 6.69. The van der Waals surface area contributed by atoms with Crippen molar-refractivity contribution in [3.05, 3.63) is 23.6 Å². The van der Waals surface area contributed by atoms with Crippen molar-refractivity contribution in [3.63, 3.8) is 0 Å². The molecule has 2 N–H and O–H groups in total. The number of rotatable bonds is 1. The van der Waals surface area contributed by atoms with Crippen molar-refractivity contribution in [2.45, 2.75) is 12.8 Å².